The maximum Gasteiger partial charge on any atom is 0.262 e. The van der Waals surface area contributed by atoms with Crippen molar-refractivity contribution in [2.24, 2.45) is 0 Å². The highest BCUT2D eigenvalue weighted by Gasteiger charge is 2.02. The maximum atomic E-state index is 11.2. The van der Waals surface area contributed by atoms with E-state index in [0.717, 1.165) is 5.39 Å². The van der Waals surface area contributed by atoms with Gasteiger partial charge in [0.05, 0.1) is 9.99 Å². The summed E-state index contributed by atoms with van der Waals surface area (Å²) in [5.41, 5.74) is 0.227. The van der Waals surface area contributed by atoms with E-state index in [9.17, 15) is 9.90 Å². The molecule has 0 spiro atoms. The zero-order valence-electron chi connectivity index (χ0n) is 6.54. The third kappa shape index (κ3) is 1.33. The second kappa shape index (κ2) is 2.88. The Morgan fingerprint density at radius 3 is 2.92 bits per heavy atom. The molecular weight excluding hydrogens is 234 g/mol. The van der Waals surface area contributed by atoms with Crippen molar-refractivity contribution in [3.63, 3.8) is 0 Å². The van der Waals surface area contributed by atoms with Gasteiger partial charge in [0, 0.05) is 5.39 Å². The van der Waals surface area contributed by atoms with Gasteiger partial charge in [-0.1, -0.05) is 12.1 Å². The van der Waals surface area contributed by atoms with Crippen molar-refractivity contribution in [3.8, 4) is 5.75 Å². The Hall–Kier alpha value is -1.29. The first-order chi connectivity index (χ1) is 6.18. The Bertz CT molecular complexity index is 518. The Labute approximate surface area is 82.2 Å². The summed E-state index contributed by atoms with van der Waals surface area (Å²) < 4.78 is 0.464. The SMILES string of the molecule is O=c1[nH]c2c(O)cccc2cc1Br. The molecule has 66 valence electrons. The average Bonchev–Trinajstić information content (AvgIpc) is 2.09. The number of hydrogen-bond donors (Lipinski definition) is 2. The number of H-pyrrole nitrogens is 1. The van der Waals surface area contributed by atoms with Crippen molar-refractivity contribution >= 4 is 26.8 Å². The second-order valence-electron chi connectivity index (χ2n) is 2.69. The van der Waals surface area contributed by atoms with Gasteiger partial charge in [0.2, 0.25) is 0 Å². The maximum absolute atomic E-state index is 11.2. The molecule has 0 radical (unpaired) electrons. The molecule has 1 heterocycles. The van der Waals surface area contributed by atoms with Gasteiger partial charge in [-0.25, -0.2) is 0 Å². The van der Waals surface area contributed by atoms with E-state index in [4.69, 9.17) is 0 Å². The number of benzene rings is 1. The van der Waals surface area contributed by atoms with Crippen LogP contribution in [0.25, 0.3) is 10.9 Å². The molecule has 0 bridgehead atoms. The molecule has 2 rings (SSSR count). The lowest BCUT2D eigenvalue weighted by atomic mass is 10.2. The molecule has 13 heavy (non-hydrogen) atoms. The highest BCUT2D eigenvalue weighted by atomic mass is 79.9. The van der Waals surface area contributed by atoms with E-state index >= 15 is 0 Å². The van der Waals surface area contributed by atoms with E-state index < -0.39 is 0 Å². The standard InChI is InChI=1S/C9H6BrNO2/c10-6-4-5-2-1-3-7(12)8(5)11-9(6)13/h1-4,12H,(H,11,13). The molecule has 0 aliphatic rings. The van der Waals surface area contributed by atoms with Gasteiger partial charge in [-0.15, -0.1) is 0 Å². The predicted molar refractivity (Wildman–Crippen MR) is 53.9 cm³/mol. The number of rotatable bonds is 0. The molecule has 0 aliphatic heterocycles. The van der Waals surface area contributed by atoms with Crippen LogP contribution in [-0.2, 0) is 0 Å². The van der Waals surface area contributed by atoms with Crippen molar-refractivity contribution in [2.75, 3.05) is 0 Å². The number of phenolic OH excluding ortho intramolecular Hbond substituents is 1. The second-order valence-corrected chi connectivity index (χ2v) is 3.54. The van der Waals surface area contributed by atoms with Crippen LogP contribution >= 0.6 is 15.9 Å². The van der Waals surface area contributed by atoms with Gasteiger partial charge in [0.1, 0.15) is 5.75 Å². The summed E-state index contributed by atoms with van der Waals surface area (Å²) in [7, 11) is 0. The molecule has 0 unspecified atom stereocenters. The quantitative estimate of drug-likeness (QED) is 0.739. The van der Waals surface area contributed by atoms with Crippen molar-refractivity contribution in [1.29, 1.82) is 0 Å². The third-order valence-corrected chi connectivity index (χ3v) is 2.40. The van der Waals surface area contributed by atoms with Gasteiger partial charge >= 0.3 is 0 Å². The van der Waals surface area contributed by atoms with Crippen LogP contribution in [0.15, 0.2) is 33.5 Å². The monoisotopic (exact) mass is 239 g/mol. The van der Waals surface area contributed by atoms with Gasteiger partial charge in [-0.2, -0.15) is 0 Å². The van der Waals surface area contributed by atoms with Crippen LogP contribution in [0.1, 0.15) is 0 Å². The average molecular weight is 240 g/mol. The molecule has 2 aromatic rings. The molecule has 2 N–H and O–H groups in total. The summed E-state index contributed by atoms with van der Waals surface area (Å²) in [4.78, 5) is 13.7. The lowest BCUT2D eigenvalue weighted by molar-refractivity contribution is 0.480. The zero-order chi connectivity index (χ0) is 9.42. The smallest absolute Gasteiger partial charge is 0.262 e. The highest BCUT2D eigenvalue weighted by Crippen LogP contribution is 2.22. The third-order valence-electron chi connectivity index (χ3n) is 1.81. The van der Waals surface area contributed by atoms with Gasteiger partial charge < -0.3 is 10.1 Å². The molecule has 0 amide bonds. The Kier molecular flexibility index (Phi) is 1.84. The molecule has 0 saturated heterocycles. The topological polar surface area (TPSA) is 53.1 Å². The fourth-order valence-corrected chi connectivity index (χ4v) is 1.54. The van der Waals surface area contributed by atoms with Crippen LogP contribution < -0.4 is 5.56 Å². The first-order valence-electron chi connectivity index (χ1n) is 3.69. The number of aromatic amines is 1. The number of halogens is 1. The predicted octanol–water partition coefficient (Wildman–Crippen LogP) is 2.00. The summed E-state index contributed by atoms with van der Waals surface area (Å²) in [6, 6.07) is 6.75. The summed E-state index contributed by atoms with van der Waals surface area (Å²) >= 11 is 3.12. The number of para-hydroxylation sites is 1. The van der Waals surface area contributed by atoms with Crippen LogP contribution in [0.3, 0.4) is 0 Å². The van der Waals surface area contributed by atoms with Gasteiger partial charge in [-0.05, 0) is 28.1 Å². The first-order valence-corrected chi connectivity index (χ1v) is 4.48. The van der Waals surface area contributed by atoms with Crippen LogP contribution in [0, 0.1) is 0 Å². The number of hydrogen-bond acceptors (Lipinski definition) is 2. The van der Waals surface area contributed by atoms with Crippen molar-refractivity contribution in [3.05, 3.63) is 39.1 Å². The number of aromatic hydroxyl groups is 1. The van der Waals surface area contributed by atoms with E-state index in [1.165, 1.54) is 6.07 Å². The van der Waals surface area contributed by atoms with Gasteiger partial charge in [0.25, 0.3) is 5.56 Å². The number of pyridine rings is 1. The lowest BCUT2D eigenvalue weighted by Crippen LogP contribution is -2.05. The number of aromatic nitrogens is 1. The van der Waals surface area contributed by atoms with Crippen LogP contribution in [0.5, 0.6) is 5.75 Å². The molecule has 0 aliphatic carbocycles. The minimum Gasteiger partial charge on any atom is -0.506 e. The molecule has 1 aromatic heterocycles. The fraction of sp³-hybridized carbons (Fsp3) is 0. The number of fused-ring (bicyclic) bond motifs is 1. The Morgan fingerprint density at radius 2 is 2.15 bits per heavy atom. The molecular formula is C9H6BrNO2. The summed E-state index contributed by atoms with van der Waals surface area (Å²) in [5, 5.41) is 10.2. The van der Waals surface area contributed by atoms with E-state index in [-0.39, 0.29) is 11.3 Å². The van der Waals surface area contributed by atoms with E-state index in [1.54, 1.807) is 12.1 Å². The van der Waals surface area contributed by atoms with E-state index in [2.05, 4.69) is 20.9 Å². The van der Waals surface area contributed by atoms with Gasteiger partial charge in [-0.3, -0.25) is 4.79 Å². The fourth-order valence-electron chi connectivity index (χ4n) is 1.19. The molecule has 1 aromatic carbocycles. The normalized spacial score (nSPS) is 10.5. The van der Waals surface area contributed by atoms with Gasteiger partial charge in [0.15, 0.2) is 0 Å². The van der Waals surface area contributed by atoms with E-state index in [1.807, 2.05) is 6.07 Å². The van der Waals surface area contributed by atoms with Crippen LogP contribution in [0.2, 0.25) is 0 Å². The lowest BCUT2D eigenvalue weighted by Gasteiger charge is -1.99. The summed E-state index contributed by atoms with van der Waals surface area (Å²) in [6.45, 7) is 0. The summed E-state index contributed by atoms with van der Waals surface area (Å²) in [5.74, 6) is 0.0853. The largest absolute Gasteiger partial charge is 0.506 e. The number of phenols is 1. The van der Waals surface area contributed by atoms with Crippen molar-refractivity contribution in [1.82, 2.24) is 4.98 Å². The molecule has 0 fully saturated rings. The Balaban J connectivity index is 2.97. The first kappa shape index (κ1) is 8.31. The molecule has 0 atom stereocenters. The van der Waals surface area contributed by atoms with Crippen LogP contribution in [-0.4, -0.2) is 10.1 Å². The van der Waals surface area contributed by atoms with E-state index in [0.29, 0.717) is 9.99 Å². The minimum atomic E-state index is -0.242. The highest BCUT2D eigenvalue weighted by molar-refractivity contribution is 9.10. The molecule has 0 saturated carbocycles. The van der Waals surface area contributed by atoms with Crippen molar-refractivity contribution < 1.29 is 5.11 Å². The molecule has 4 heteroatoms. The summed E-state index contributed by atoms with van der Waals surface area (Å²) in [6.07, 6.45) is 0. The number of nitrogens with one attached hydrogen (secondary N) is 1. The zero-order valence-corrected chi connectivity index (χ0v) is 8.13. The van der Waals surface area contributed by atoms with Crippen molar-refractivity contribution in [2.45, 2.75) is 0 Å². The van der Waals surface area contributed by atoms with Crippen LogP contribution in [0.4, 0.5) is 0 Å². The Morgan fingerprint density at radius 1 is 1.38 bits per heavy atom. The minimum absolute atomic E-state index is 0.0853. The molecule has 3 nitrogen and oxygen atoms in total.